The van der Waals surface area contributed by atoms with E-state index in [-0.39, 0.29) is 12.2 Å². The molecule has 0 radical (unpaired) electrons. The monoisotopic (exact) mass is 577 g/mol. The maximum Gasteiger partial charge on any atom is 0.394 e. The van der Waals surface area contributed by atoms with E-state index in [0.29, 0.717) is 17.1 Å². The number of hydrogen-bond acceptors (Lipinski definition) is 5. The van der Waals surface area contributed by atoms with E-state index in [1.54, 1.807) is 18.3 Å². The molecule has 0 atom stereocenters. The summed E-state index contributed by atoms with van der Waals surface area (Å²) in [7, 11) is -5.52. The summed E-state index contributed by atoms with van der Waals surface area (Å²) in [6.07, 6.45) is 2.34. The zero-order valence-electron chi connectivity index (χ0n) is 22.6. The average Bonchev–Trinajstić information content (AvgIpc) is 2.91. The molecule has 0 bridgehead atoms. The zero-order valence-corrected chi connectivity index (χ0v) is 23.5. The molecule has 41 heavy (non-hydrogen) atoms. The lowest BCUT2D eigenvalue weighted by molar-refractivity contribution is 0.0594. The molecule has 0 saturated carbocycles. The van der Waals surface area contributed by atoms with Crippen LogP contribution in [0.1, 0.15) is 33.4 Å². The van der Waals surface area contributed by atoms with Gasteiger partial charge in [-0.3, -0.25) is 9.55 Å². The zero-order chi connectivity index (χ0) is 29.4. The number of aromatic nitrogens is 2. The van der Waals surface area contributed by atoms with E-state index in [1.165, 1.54) is 17.7 Å². The first-order valence-electron chi connectivity index (χ1n) is 13.1. The second kappa shape index (κ2) is 11.2. The van der Waals surface area contributed by atoms with E-state index in [1.807, 2.05) is 44.2 Å². The van der Waals surface area contributed by atoms with Crippen LogP contribution in [0.2, 0.25) is 0 Å². The number of pyridine rings is 2. The summed E-state index contributed by atoms with van der Waals surface area (Å²) < 4.78 is 44.2. The molecule has 0 amide bonds. The summed E-state index contributed by atoms with van der Waals surface area (Å²) in [5, 5.41) is 2.07. The van der Waals surface area contributed by atoms with E-state index < -0.39 is 19.7 Å². The molecule has 3 aromatic carbocycles. The Morgan fingerprint density at radius 3 is 2.34 bits per heavy atom. The van der Waals surface area contributed by atoms with Gasteiger partial charge in [0, 0.05) is 23.4 Å². The number of nitrogens with two attached hydrogens (primary N) is 1. The lowest BCUT2D eigenvalue weighted by Crippen LogP contribution is -2.19. The van der Waals surface area contributed by atoms with E-state index in [0.717, 1.165) is 51.4 Å². The highest BCUT2D eigenvalue weighted by atomic mass is 31.2. The second-order valence-corrected chi connectivity index (χ2v) is 12.0. The number of benzene rings is 3. The fourth-order valence-corrected chi connectivity index (χ4v) is 5.30. The first kappa shape index (κ1) is 28.6. The van der Waals surface area contributed by atoms with Gasteiger partial charge < -0.3 is 20.3 Å². The van der Waals surface area contributed by atoms with Gasteiger partial charge in [0.25, 0.3) is 0 Å². The summed E-state index contributed by atoms with van der Waals surface area (Å²) in [4.78, 5) is 26.7. The van der Waals surface area contributed by atoms with Gasteiger partial charge in [-0.15, -0.1) is 0 Å². The van der Waals surface area contributed by atoms with Crippen LogP contribution >= 0.6 is 7.60 Å². The number of alkyl halides is 2. The molecule has 10 heteroatoms. The predicted molar refractivity (Wildman–Crippen MR) is 156 cm³/mol. The van der Waals surface area contributed by atoms with Crippen molar-refractivity contribution in [2.45, 2.75) is 45.4 Å². The third-order valence-corrected chi connectivity index (χ3v) is 8.20. The van der Waals surface area contributed by atoms with Crippen molar-refractivity contribution >= 4 is 35.2 Å². The Morgan fingerprint density at radius 2 is 1.63 bits per heavy atom. The Kier molecular flexibility index (Phi) is 7.79. The lowest BCUT2D eigenvalue weighted by Gasteiger charge is -2.17. The molecule has 0 aliphatic rings. The van der Waals surface area contributed by atoms with Gasteiger partial charge in [0.15, 0.2) is 5.82 Å². The maximum absolute atomic E-state index is 13.7. The Bertz CT molecular complexity index is 1790. The second-order valence-electron chi connectivity index (χ2n) is 10.3. The molecule has 2 aromatic heterocycles. The Labute approximate surface area is 236 Å². The number of aryl methyl sites for hydroxylation is 4. The number of anilines is 1. The van der Waals surface area contributed by atoms with E-state index >= 15 is 0 Å². The summed E-state index contributed by atoms with van der Waals surface area (Å²) in [5.74, 6) is 1.10. The first-order chi connectivity index (χ1) is 19.4. The van der Waals surface area contributed by atoms with Crippen molar-refractivity contribution in [1.82, 2.24) is 9.97 Å². The number of nitrogen functional groups attached to an aromatic ring is 1. The minimum atomic E-state index is -5.52. The van der Waals surface area contributed by atoms with Crippen LogP contribution < -0.4 is 10.5 Å². The van der Waals surface area contributed by atoms with Gasteiger partial charge in [-0.2, -0.15) is 8.78 Å². The molecule has 7 nitrogen and oxygen atoms in total. The number of ether oxygens (including phenoxy) is 1. The molecule has 0 unspecified atom stereocenters. The molecule has 0 spiro atoms. The van der Waals surface area contributed by atoms with Crippen LogP contribution in [0.3, 0.4) is 0 Å². The van der Waals surface area contributed by atoms with Crippen LogP contribution in [0.4, 0.5) is 14.6 Å². The topological polar surface area (TPSA) is 119 Å². The van der Waals surface area contributed by atoms with E-state index in [4.69, 9.17) is 20.3 Å². The smallest absolute Gasteiger partial charge is 0.394 e. The van der Waals surface area contributed by atoms with E-state index in [2.05, 4.69) is 22.1 Å². The number of hydrogen-bond donors (Lipinski definition) is 3. The molecular weight excluding hydrogens is 547 g/mol. The van der Waals surface area contributed by atoms with Crippen LogP contribution in [0, 0.1) is 13.8 Å². The maximum atomic E-state index is 13.7. The quantitative estimate of drug-likeness (QED) is 0.132. The Balaban J connectivity index is 1.26. The molecular formula is C31H30F2N3O4P. The molecule has 4 N–H and O–H groups in total. The highest BCUT2D eigenvalue weighted by Gasteiger charge is 2.48. The number of fused-ring (bicyclic) bond motifs is 3. The van der Waals surface area contributed by atoms with Crippen molar-refractivity contribution < 1.29 is 27.9 Å². The SMILES string of the molecule is Cc1ccc2c(c1)nc(N)c1nccc(CCc3ccc(OCc4ccc(CC(F)(F)P(=O)(O)O)cc4)cc3C)c12. The third kappa shape index (κ3) is 6.22. The summed E-state index contributed by atoms with van der Waals surface area (Å²) in [6.45, 7) is 4.28. The van der Waals surface area contributed by atoms with Crippen molar-refractivity contribution in [2.75, 3.05) is 5.73 Å². The minimum absolute atomic E-state index is 0.131. The van der Waals surface area contributed by atoms with Gasteiger partial charge in [-0.05, 0) is 84.3 Å². The number of rotatable bonds is 9. The van der Waals surface area contributed by atoms with Crippen molar-refractivity contribution in [3.05, 3.63) is 106 Å². The van der Waals surface area contributed by atoms with Gasteiger partial charge in [-0.25, -0.2) is 4.98 Å². The summed E-state index contributed by atoms with van der Waals surface area (Å²) >= 11 is 0. The van der Waals surface area contributed by atoms with Gasteiger partial charge in [0.2, 0.25) is 0 Å². The first-order valence-corrected chi connectivity index (χ1v) is 14.7. The van der Waals surface area contributed by atoms with Crippen molar-refractivity contribution in [2.24, 2.45) is 0 Å². The summed E-state index contributed by atoms with van der Waals surface area (Å²) in [6, 6.07) is 20.2. The normalized spacial score (nSPS) is 12.2. The molecule has 0 aliphatic carbocycles. The standard InChI is InChI=1S/C31H30F2N3O4P/c1-19-3-12-26-27(15-19)36-30(34)29-28(26)24(13-14-35-29)9-8-23-10-11-25(16-20(23)2)40-18-22-6-4-21(5-7-22)17-31(32,33)41(37,38)39/h3-7,10-16H,8-9,17-18H2,1-2H3,(H2,34,36)(H2,37,38,39). The molecule has 5 aromatic rings. The number of nitrogens with zero attached hydrogens (tertiary/aromatic N) is 2. The van der Waals surface area contributed by atoms with Gasteiger partial charge in [0.05, 0.1) is 5.52 Å². The largest absolute Gasteiger partial charge is 0.489 e. The Hall–Kier alpha value is -3.91. The third-order valence-electron chi connectivity index (χ3n) is 7.19. The molecule has 212 valence electrons. The average molecular weight is 578 g/mol. The summed E-state index contributed by atoms with van der Waals surface area (Å²) in [5.41, 5.74) is 9.13. The van der Waals surface area contributed by atoms with Gasteiger partial charge in [0.1, 0.15) is 17.9 Å². The van der Waals surface area contributed by atoms with Gasteiger partial charge in [-0.1, -0.05) is 42.5 Å². The van der Waals surface area contributed by atoms with Crippen molar-refractivity contribution in [3.63, 3.8) is 0 Å². The highest BCUT2D eigenvalue weighted by Crippen LogP contribution is 2.54. The Morgan fingerprint density at radius 1 is 0.927 bits per heavy atom. The van der Waals surface area contributed by atoms with Crippen molar-refractivity contribution in [1.29, 1.82) is 0 Å². The van der Waals surface area contributed by atoms with Crippen LogP contribution in [0.15, 0.2) is 72.9 Å². The van der Waals surface area contributed by atoms with Crippen LogP contribution in [-0.2, 0) is 30.4 Å². The lowest BCUT2D eigenvalue weighted by atomic mass is 9.96. The molecule has 2 heterocycles. The fraction of sp³-hybridized carbons (Fsp3) is 0.226. The van der Waals surface area contributed by atoms with Crippen LogP contribution in [-0.4, -0.2) is 25.4 Å². The molecule has 0 aliphatic heterocycles. The van der Waals surface area contributed by atoms with Gasteiger partial charge >= 0.3 is 13.3 Å². The minimum Gasteiger partial charge on any atom is -0.489 e. The molecule has 0 saturated heterocycles. The van der Waals surface area contributed by atoms with Crippen molar-refractivity contribution in [3.8, 4) is 5.75 Å². The van der Waals surface area contributed by atoms with E-state index in [9.17, 15) is 13.3 Å². The molecule has 0 fully saturated rings. The fourth-order valence-electron chi connectivity index (χ4n) is 4.91. The van der Waals surface area contributed by atoms with Crippen LogP contribution in [0.5, 0.6) is 5.75 Å². The highest BCUT2D eigenvalue weighted by molar-refractivity contribution is 7.53. The molecule has 5 rings (SSSR count). The predicted octanol–water partition coefficient (Wildman–Crippen LogP) is 6.66. The van der Waals surface area contributed by atoms with Crippen LogP contribution in [0.25, 0.3) is 21.8 Å². The number of halogens is 2.